The van der Waals surface area contributed by atoms with E-state index in [0.29, 0.717) is 22.9 Å². The molecule has 2 N–H and O–H groups in total. The summed E-state index contributed by atoms with van der Waals surface area (Å²) in [6.45, 7) is 0. The number of halogens is 3. The molecular formula is C20H19F3N4O4. The minimum absolute atomic E-state index is 0.0673. The van der Waals surface area contributed by atoms with Crippen molar-refractivity contribution >= 4 is 17.4 Å². The van der Waals surface area contributed by atoms with Gasteiger partial charge in [-0.2, -0.15) is 18.3 Å². The molecule has 0 radical (unpaired) electrons. The standard InChI is InChI=1S/C20H19F3N4O4/c1-29-11-5-6-15(30-2)12(8-11)25-19(28)14-10-18-24-13(16-4-3-7-31-16)9-17(20(21,22)23)27(18)26-14/h3-8,10,13,17,24H,9H2,1-2H3,(H,25,28). The van der Waals surface area contributed by atoms with E-state index >= 15 is 0 Å². The molecule has 3 aromatic rings. The van der Waals surface area contributed by atoms with E-state index in [1.54, 1.807) is 24.3 Å². The second kappa shape index (κ2) is 7.89. The summed E-state index contributed by atoms with van der Waals surface area (Å²) in [5.74, 6) is 0.583. The molecule has 8 nitrogen and oxygen atoms in total. The molecule has 2 aromatic heterocycles. The summed E-state index contributed by atoms with van der Waals surface area (Å²) in [4.78, 5) is 12.8. The summed E-state index contributed by atoms with van der Waals surface area (Å²) in [5, 5.41) is 9.50. The number of nitrogens with one attached hydrogen (secondary N) is 2. The molecular weight excluding hydrogens is 417 g/mol. The first kappa shape index (κ1) is 20.6. The van der Waals surface area contributed by atoms with Gasteiger partial charge < -0.3 is 24.5 Å². The number of methoxy groups -OCH3 is 2. The van der Waals surface area contributed by atoms with Crippen molar-refractivity contribution in [2.24, 2.45) is 0 Å². The van der Waals surface area contributed by atoms with Crippen LogP contribution in [0, 0.1) is 0 Å². The lowest BCUT2D eigenvalue weighted by atomic mass is 10.0. The third-order valence-electron chi connectivity index (χ3n) is 4.96. The summed E-state index contributed by atoms with van der Waals surface area (Å²) in [6.07, 6.45) is -3.49. The van der Waals surface area contributed by atoms with E-state index in [-0.39, 0.29) is 17.9 Å². The van der Waals surface area contributed by atoms with E-state index in [2.05, 4.69) is 15.7 Å². The van der Waals surface area contributed by atoms with Gasteiger partial charge in [-0.25, -0.2) is 4.68 Å². The minimum atomic E-state index is -4.56. The molecule has 1 amide bonds. The van der Waals surface area contributed by atoms with Gasteiger partial charge in [-0.1, -0.05) is 0 Å². The quantitative estimate of drug-likeness (QED) is 0.616. The van der Waals surface area contributed by atoms with Crippen LogP contribution in [0.1, 0.15) is 34.8 Å². The molecule has 11 heteroatoms. The number of carbonyl (C=O) groups is 1. The van der Waals surface area contributed by atoms with Crippen molar-refractivity contribution in [3.05, 3.63) is 54.1 Å². The van der Waals surface area contributed by atoms with Gasteiger partial charge in [0.05, 0.1) is 32.2 Å². The van der Waals surface area contributed by atoms with Gasteiger partial charge in [0.1, 0.15) is 23.1 Å². The minimum Gasteiger partial charge on any atom is -0.497 e. The smallest absolute Gasteiger partial charge is 0.410 e. The van der Waals surface area contributed by atoms with Crippen LogP contribution >= 0.6 is 0 Å². The average Bonchev–Trinajstić information content (AvgIpc) is 3.42. The number of fused-ring (bicyclic) bond motifs is 1. The van der Waals surface area contributed by atoms with Crippen LogP contribution in [0.15, 0.2) is 47.1 Å². The van der Waals surface area contributed by atoms with Gasteiger partial charge in [-0.15, -0.1) is 0 Å². The zero-order valence-electron chi connectivity index (χ0n) is 16.6. The van der Waals surface area contributed by atoms with Crippen LogP contribution in [0.3, 0.4) is 0 Å². The molecule has 2 unspecified atom stereocenters. The van der Waals surface area contributed by atoms with Crippen molar-refractivity contribution in [1.29, 1.82) is 0 Å². The fourth-order valence-electron chi connectivity index (χ4n) is 3.46. The second-order valence-corrected chi connectivity index (χ2v) is 6.89. The predicted octanol–water partition coefficient (Wildman–Crippen LogP) is 4.41. The zero-order valence-corrected chi connectivity index (χ0v) is 16.6. The van der Waals surface area contributed by atoms with E-state index in [1.807, 2.05) is 0 Å². The summed E-state index contributed by atoms with van der Waals surface area (Å²) < 4.78 is 57.6. The highest BCUT2D eigenvalue weighted by molar-refractivity contribution is 6.04. The Kier molecular flexibility index (Phi) is 5.25. The van der Waals surface area contributed by atoms with Gasteiger partial charge in [0.25, 0.3) is 5.91 Å². The maximum atomic E-state index is 13.7. The van der Waals surface area contributed by atoms with E-state index in [4.69, 9.17) is 13.9 Å². The second-order valence-electron chi connectivity index (χ2n) is 6.89. The SMILES string of the molecule is COc1ccc(OC)c(NC(=O)c2cc3n(n2)C(C(F)(F)F)CC(c2ccco2)N3)c1. The summed E-state index contributed by atoms with van der Waals surface area (Å²) in [6, 6.07) is 6.64. The fraction of sp³-hybridized carbons (Fsp3) is 0.300. The van der Waals surface area contributed by atoms with Crippen molar-refractivity contribution in [3.8, 4) is 11.5 Å². The fourth-order valence-corrected chi connectivity index (χ4v) is 3.46. The van der Waals surface area contributed by atoms with E-state index in [0.717, 1.165) is 4.68 Å². The molecule has 164 valence electrons. The number of hydrogen-bond acceptors (Lipinski definition) is 6. The number of carbonyl (C=O) groups excluding carboxylic acids is 1. The van der Waals surface area contributed by atoms with Crippen molar-refractivity contribution in [1.82, 2.24) is 9.78 Å². The molecule has 0 spiro atoms. The molecule has 31 heavy (non-hydrogen) atoms. The van der Waals surface area contributed by atoms with E-state index < -0.39 is 24.2 Å². The Morgan fingerprint density at radius 3 is 2.71 bits per heavy atom. The van der Waals surface area contributed by atoms with Crippen molar-refractivity contribution < 1.29 is 31.9 Å². The lowest BCUT2D eigenvalue weighted by Crippen LogP contribution is -2.35. The number of rotatable bonds is 5. The van der Waals surface area contributed by atoms with Gasteiger partial charge in [0.2, 0.25) is 0 Å². The number of benzene rings is 1. The van der Waals surface area contributed by atoms with Gasteiger partial charge in [0, 0.05) is 18.6 Å². The molecule has 4 rings (SSSR count). The van der Waals surface area contributed by atoms with Gasteiger partial charge >= 0.3 is 6.18 Å². The number of furan rings is 1. The molecule has 0 saturated heterocycles. The number of hydrogen-bond donors (Lipinski definition) is 2. The van der Waals surface area contributed by atoms with E-state index in [9.17, 15) is 18.0 Å². The van der Waals surface area contributed by atoms with Gasteiger partial charge in [0.15, 0.2) is 11.7 Å². The highest BCUT2D eigenvalue weighted by Gasteiger charge is 2.47. The Morgan fingerprint density at radius 2 is 2.06 bits per heavy atom. The Morgan fingerprint density at radius 1 is 1.26 bits per heavy atom. The monoisotopic (exact) mass is 436 g/mol. The number of amides is 1. The molecule has 1 aromatic carbocycles. The van der Waals surface area contributed by atoms with Crippen LogP contribution in [0.2, 0.25) is 0 Å². The molecule has 1 aliphatic rings. The van der Waals surface area contributed by atoms with Crippen LogP contribution < -0.4 is 20.1 Å². The molecule has 0 bridgehead atoms. The van der Waals surface area contributed by atoms with Crippen LogP contribution in [-0.4, -0.2) is 36.1 Å². The number of ether oxygens (including phenoxy) is 2. The first-order valence-electron chi connectivity index (χ1n) is 9.29. The van der Waals surface area contributed by atoms with Crippen LogP contribution in [0.5, 0.6) is 11.5 Å². The molecule has 0 fully saturated rings. The molecule has 3 heterocycles. The molecule has 2 atom stereocenters. The van der Waals surface area contributed by atoms with Crippen LogP contribution in [0.25, 0.3) is 0 Å². The highest BCUT2D eigenvalue weighted by Crippen LogP contribution is 2.43. The highest BCUT2D eigenvalue weighted by atomic mass is 19.4. The summed E-state index contributed by atoms with van der Waals surface area (Å²) in [5.41, 5.74) is 0.119. The summed E-state index contributed by atoms with van der Waals surface area (Å²) >= 11 is 0. The Labute approximate surface area is 174 Å². The largest absolute Gasteiger partial charge is 0.497 e. The lowest BCUT2D eigenvalue weighted by Gasteiger charge is -2.32. The van der Waals surface area contributed by atoms with Crippen LogP contribution in [0.4, 0.5) is 24.7 Å². The van der Waals surface area contributed by atoms with Crippen molar-refractivity contribution in [2.75, 3.05) is 24.9 Å². The molecule has 0 saturated carbocycles. The number of nitrogens with zero attached hydrogens (tertiary/aromatic N) is 2. The first-order valence-corrected chi connectivity index (χ1v) is 9.29. The van der Waals surface area contributed by atoms with Crippen molar-refractivity contribution in [2.45, 2.75) is 24.7 Å². The molecule has 1 aliphatic heterocycles. The number of alkyl halides is 3. The number of aromatic nitrogens is 2. The third kappa shape index (κ3) is 4.03. The summed E-state index contributed by atoms with van der Waals surface area (Å²) in [7, 11) is 2.90. The Bertz CT molecular complexity index is 1080. The predicted molar refractivity (Wildman–Crippen MR) is 105 cm³/mol. The topological polar surface area (TPSA) is 90.5 Å². The molecule has 0 aliphatic carbocycles. The van der Waals surface area contributed by atoms with Crippen LogP contribution in [-0.2, 0) is 0 Å². The maximum Gasteiger partial charge on any atom is 0.410 e. The zero-order chi connectivity index (χ0) is 22.2. The maximum absolute atomic E-state index is 13.7. The van der Waals surface area contributed by atoms with E-state index in [1.165, 1.54) is 32.6 Å². The lowest BCUT2D eigenvalue weighted by molar-refractivity contribution is -0.174. The Hall–Kier alpha value is -3.63. The number of anilines is 2. The van der Waals surface area contributed by atoms with Crippen molar-refractivity contribution in [3.63, 3.8) is 0 Å². The average molecular weight is 436 g/mol. The van der Waals surface area contributed by atoms with Gasteiger partial charge in [-0.3, -0.25) is 4.79 Å². The first-order chi connectivity index (χ1) is 14.8. The third-order valence-corrected chi connectivity index (χ3v) is 4.96. The Balaban J connectivity index is 1.64. The normalized spacial score (nSPS) is 18.1. The van der Waals surface area contributed by atoms with Gasteiger partial charge in [-0.05, 0) is 24.3 Å².